The molecule has 1 aromatic rings. The highest BCUT2D eigenvalue weighted by Gasteiger charge is 2.04. The molecule has 0 saturated heterocycles. The topological polar surface area (TPSA) is 90.4 Å². The highest BCUT2D eigenvalue weighted by Crippen LogP contribution is 2.16. The molecule has 16 heavy (non-hydrogen) atoms. The van der Waals surface area contributed by atoms with Crippen LogP contribution in [0, 0.1) is 0 Å². The van der Waals surface area contributed by atoms with Crippen molar-refractivity contribution in [2.75, 3.05) is 13.2 Å². The second kappa shape index (κ2) is 6.66. The monoisotopic (exact) mass is 243 g/mol. The van der Waals surface area contributed by atoms with Crippen LogP contribution in [0.25, 0.3) is 0 Å². The number of rotatable bonds is 7. The van der Waals surface area contributed by atoms with Gasteiger partial charge in [0, 0.05) is 6.54 Å². The molecular formula is C10H18N3O2P. The van der Waals surface area contributed by atoms with Crippen LogP contribution in [0.5, 0.6) is 5.75 Å². The summed E-state index contributed by atoms with van der Waals surface area (Å²) < 4.78 is 16.4. The minimum Gasteiger partial charge on any atom is -0.494 e. The van der Waals surface area contributed by atoms with E-state index in [-0.39, 0.29) is 0 Å². The van der Waals surface area contributed by atoms with Crippen molar-refractivity contribution in [2.45, 2.75) is 12.8 Å². The molecule has 0 aliphatic carbocycles. The number of nitrogens with two attached hydrogens (primary N) is 2. The van der Waals surface area contributed by atoms with Gasteiger partial charge in [-0.05, 0) is 25.0 Å². The predicted molar refractivity (Wildman–Crippen MR) is 65.2 cm³/mol. The van der Waals surface area contributed by atoms with Gasteiger partial charge in [-0.25, -0.2) is 5.09 Å². The summed E-state index contributed by atoms with van der Waals surface area (Å²) in [4.78, 5) is 0. The van der Waals surface area contributed by atoms with Gasteiger partial charge in [0.1, 0.15) is 5.75 Å². The Morgan fingerprint density at radius 2 is 1.88 bits per heavy atom. The van der Waals surface area contributed by atoms with Crippen LogP contribution >= 0.6 is 7.59 Å². The molecule has 6 heteroatoms. The summed E-state index contributed by atoms with van der Waals surface area (Å²) in [7, 11) is -3.06. The third kappa shape index (κ3) is 6.58. The Morgan fingerprint density at radius 3 is 2.50 bits per heavy atom. The fourth-order valence-electron chi connectivity index (χ4n) is 1.19. The number of hydrogen-bond donors (Lipinski definition) is 3. The largest absolute Gasteiger partial charge is 0.494 e. The second-order valence-electron chi connectivity index (χ2n) is 3.49. The van der Waals surface area contributed by atoms with E-state index in [0.29, 0.717) is 13.2 Å². The third-order valence-corrected chi connectivity index (χ3v) is 2.66. The first-order valence-corrected chi connectivity index (χ1v) is 7.02. The molecule has 0 saturated carbocycles. The van der Waals surface area contributed by atoms with Gasteiger partial charge < -0.3 is 4.74 Å². The first kappa shape index (κ1) is 13.2. The average molecular weight is 243 g/mol. The number of hydrogen-bond acceptors (Lipinski definition) is 2. The minimum atomic E-state index is -3.06. The first-order valence-electron chi connectivity index (χ1n) is 5.18. The molecule has 0 aromatic heterocycles. The van der Waals surface area contributed by atoms with Crippen molar-refractivity contribution in [2.24, 2.45) is 11.0 Å². The van der Waals surface area contributed by atoms with E-state index in [1.807, 2.05) is 30.3 Å². The molecule has 1 aromatic carbocycles. The summed E-state index contributed by atoms with van der Waals surface area (Å²) in [6.07, 6.45) is 1.69. The number of para-hydroxylation sites is 1. The molecule has 0 aliphatic heterocycles. The Bertz CT molecular complexity index is 339. The summed E-state index contributed by atoms with van der Waals surface area (Å²) >= 11 is 0. The highest BCUT2D eigenvalue weighted by molar-refractivity contribution is 7.56. The van der Waals surface area contributed by atoms with Gasteiger partial charge in [0.05, 0.1) is 6.61 Å². The summed E-state index contributed by atoms with van der Waals surface area (Å²) in [5, 5.41) is 2.58. The first-order chi connectivity index (χ1) is 7.58. The van der Waals surface area contributed by atoms with Gasteiger partial charge in [-0.2, -0.15) is 0 Å². The Kier molecular flexibility index (Phi) is 5.49. The second-order valence-corrected chi connectivity index (χ2v) is 5.22. The molecule has 0 bridgehead atoms. The zero-order valence-corrected chi connectivity index (χ0v) is 10.0. The zero-order valence-electron chi connectivity index (χ0n) is 9.13. The normalized spacial score (nSPS) is 11.4. The Labute approximate surface area is 95.7 Å². The Morgan fingerprint density at radius 1 is 1.19 bits per heavy atom. The van der Waals surface area contributed by atoms with Gasteiger partial charge in [0.15, 0.2) is 0 Å². The van der Waals surface area contributed by atoms with Crippen LogP contribution in [0.15, 0.2) is 30.3 Å². The fraction of sp³-hybridized carbons (Fsp3) is 0.400. The van der Waals surface area contributed by atoms with Crippen molar-refractivity contribution < 1.29 is 9.30 Å². The third-order valence-electron chi connectivity index (χ3n) is 1.94. The van der Waals surface area contributed by atoms with E-state index in [9.17, 15) is 4.57 Å². The summed E-state index contributed by atoms with van der Waals surface area (Å²) in [5.74, 6) is 0.860. The van der Waals surface area contributed by atoms with Crippen LogP contribution in [0.3, 0.4) is 0 Å². The highest BCUT2D eigenvalue weighted by atomic mass is 31.2. The lowest BCUT2D eigenvalue weighted by atomic mass is 10.3. The van der Waals surface area contributed by atoms with Gasteiger partial charge >= 0.3 is 0 Å². The van der Waals surface area contributed by atoms with Crippen LogP contribution in [-0.2, 0) is 4.57 Å². The maximum Gasteiger partial charge on any atom is 0.273 e. The predicted octanol–water partition coefficient (Wildman–Crippen LogP) is 1.46. The van der Waals surface area contributed by atoms with Gasteiger partial charge in [0.25, 0.3) is 7.59 Å². The average Bonchev–Trinajstić information content (AvgIpc) is 2.23. The Hall–Kier alpha value is -0.870. The molecule has 5 nitrogen and oxygen atoms in total. The molecule has 0 aliphatic rings. The maximum atomic E-state index is 10.9. The molecule has 0 amide bonds. The van der Waals surface area contributed by atoms with Crippen molar-refractivity contribution in [3.8, 4) is 5.75 Å². The van der Waals surface area contributed by atoms with Crippen molar-refractivity contribution in [3.63, 3.8) is 0 Å². The quantitative estimate of drug-likeness (QED) is 0.498. The Balaban J connectivity index is 2.03. The standard InChI is InChI=1S/C10H18N3O2P/c11-16(12,14)13-8-4-5-9-15-10-6-2-1-3-7-10/h1-3,6-7H,4-5,8-9H2,(H5,11,12,13,14). The molecule has 5 N–H and O–H groups in total. The summed E-state index contributed by atoms with van der Waals surface area (Å²) in [6, 6.07) is 9.61. The lowest BCUT2D eigenvalue weighted by molar-refractivity contribution is 0.307. The minimum absolute atomic E-state index is 0.544. The molecule has 1 rings (SSSR count). The fourth-order valence-corrected chi connectivity index (χ4v) is 1.70. The van der Waals surface area contributed by atoms with Crippen molar-refractivity contribution >= 4 is 7.59 Å². The van der Waals surface area contributed by atoms with Gasteiger partial charge in [-0.1, -0.05) is 18.2 Å². The lowest BCUT2D eigenvalue weighted by Crippen LogP contribution is -2.23. The van der Waals surface area contributed by atoms with Crippen molar-refractivity contribution in [1.82, 2.24) is 5.09 Å². The summed E-state index contributed by atoms with van der Waals surface area (Å²) in [5.41, 5.74) is 10.3. The van der Waals surface area contributed by atoms with Gasteiger partial charge in [-0.3, -0.25) is 15.6 Å². The molecule has 0 unspecified atom stereocenters. The van der Waals surface area contributed by atoms with E-state index in [1.165, 1.54) is 0 Å². The number of nitrogens with one attached hydrogen (secondary N) is 1. The zero-order chi connectivity index (χ0) is 11.9. The van der Waals surface area contributed by atoms with Crippen LogP contribution < -0.4 is 20.8 Å². The molecule has 0 radical (unpaired) electrons. The smallest absolute Gasteiger partial charge is 0.273 e. The molecule has 0 atom stereocenters. The van der Waals surface area contributed by atoms with Crippen molar-refractivity contribution in [1.29, 1.82) is 0 Å². The van der Waals surface area contributed by atoms with Crippen molar-refractivity contribution in [3.05, 3.63) is 30.3 Å². The van der Waals surface area contributed by atoms with E-state index in [0.717, 1.165) is 18.6 Å². The van der Waals surface area contributed by atoms with Gasteiger partial charge in [0.2, 0.25) is 0 Å². The van der Waals surface area contributed by atoms with E-state index < -0.39 is 7.59 Å². The van der Waals surface area contributed by atoms with Crippen LogP contribution in [0.4, 0.5) is 0 Å². The van der Waals surface area contributed by atoms with E-state index in [1.54, 1.807) is 0 Å². The number of unbranched alkanes of at least 4 members (excludes halogenated alkanes) is 1. The molecule has 90 valence electrons. The molecule has 0 fully saturated rings. The van der Waals surface area contributed by atoms with E-state index in [4.69, 9.17) is 15.7 Å². The SMILES string of the molecule is NP(N)(=O)NCCCCOc1ccccc1. The lowest BCUT2D eigenvalue weighted by Gasteiger charge is -2.09. The molecule has 0 heterocycles. The van der Waals surface area contributed by atoms with Crippen LogP contribution in [0.2, 0.25) is 0 Å². The summed E-state index contributed by atoms with van der Waals surface area (Å²) in [6.45, 7) is 1.17. The van der Waals surface area contributed by atoms with Gasteiger partial charge in [-0.15, -0.1) is 0 Å². The maximum absolute atomic E-state index is 10.9. The molecular weight excluding hydrogens is 225 g/mol. The van der Waals surface area contributed by atoms with Crippen LogP contribution in [-0.4, -0.2) is 13.2 Å². The number of benzene rings is 1. The van der Waals surface area contributed by atoms with E-state index >= 15 is 0 Å². The number of ether oxygens (including phenoxy) is 1. The molecule has 0 spiro atoms. The van der Waals surface area contributed by atoms with E-state index in [2.05, 4.69) is 5.09 Å². The van der Waals surface area contributed by atoms with Crippen LogP contribution in [0.1, 0.15) is 12.8 Å².